The predicted molar refractivity (Wildman–Crippen MR) is 75.5 cm³/mol. The molecule has 0 fully saturated rings. The number of methoxy groups -OCH3 is 1. The number of anilines is 1. The minimum Gasteiger partial charge on any atom is -0.497 e. The Morgan fingerprint density at radius 1 is 1.19 bits per heavy atom. The van der Waals surface area contributed by atoms with Crippen molar-refractivity contribution in [3.8, 4) is 22.8 Å². The molecule has 0 aliphatic rings. The first-order valence-electron chi connectivity index (χ1n) is 6.17. The minimum absolute atomic E-state index is 0.263. The zero-order valence-corrected chi connectivity index (χ0v) is 11.2. The summed E-state index contributed by atoms with van der Waals surface area (Å²) in [7, 11) is 1.54. The summed E-state index contributed by atoms with van der Waals surface area (Å²) >= 11 is 0. The Hall–Kier alpha value is -2.96. The molecule has 7 heteroatoms. The lowest BCUT2D eigenvalue weighted by Crippen LogP contribution is -2.03. The molecule has 3 aromatic rings. The summed E-state index contributed by atoms with van der Waals surface area (Å²) in [4.78, 5) is 0. The molecule has 0 amide bonds. The SMILES string of the molecule is COc1cc(N)cc(-c2nnnn2-c2ccccc2F)c1. The topological polar surface area (TPSA) is 78.8 Å². The molecule has 6 nitrogen and oxygen atoms in total. The van der Waals surface area contributed by atoms with Crippen molar-refractivity contribution in [3.05, 3.63) is 48.3 Å². The number of aromatic nitrogens is 4. The highest BCUT2D eigenvalue weighted by atomic mass is 19.1. The van der Waals surface area contributed by atoms with Crippen molar-refractivity contribution in [2.45, 2.75) is 0 Å². The van der Waals surface area contributed by atoms with Crippen molar-refractivity contribution < 1.29 is 9.13 Å². The highest BCUT2D eigenvalue weighted by Gasteiger charge is 2.14. The third-order valence-electron chi connectivity index (χ3n) is 2.97. The number of nitrogen functional groups attached to an aromatic ring is 1. The summed E-state index contributed by atoms with van der Waals surface area (Å²) in [5, 5.41) is 11.4. The number of nitrogens with zero attached hydrogens (tertiary/aromatic N) is 4. The van der Waals surface area contributed by atoms with Crippen LogP contribution in [0.25, 0.3) is 17.1 Å². The maximum absolute atomic E-state index is 13.9. The maximum atomic E-state index is 13.9. The van der Waals surface area contributed by atoms with Crippen LogP contribution in [-0.4, -0.2) is 27.3 Å². The molecular weight excluding hydrogens is 273 g/mol. The van der Waals surface area contributed by atoms with Gasteiger partial charge in [-0.1, -0.05) is 12.1 Å². The van der Waals surface area contributed by atoms with Crippen LogP contribution in [0, 0.1) is 5.82 Å². The van der Waals surface area contributed by atoms with Crippen molar-refractivity contribution in [2.24, 2.45) is 0 Å². The average Bonchev–Trinajstić information content (AvgIpc) is 2.96. The first-order chi connectivity index (χ1) is 10.2. The summed E-state index contributed by atoms with van der Waals surface area (Å²) in [6, 6.07) is 11.4. The van der Waals surface area contributed by atoms with Gasteiger partial charge in [-0.05, 0) is 34.7 Å². The van der Waals surface area contributed by atoms with E-state index in [2.05, 4.69) is 15.5 Å². The number of hydrogen-bond donors (Lipinski definition) is 1. The molecule has 2 aromatic carbocycles. The van der Waals surface area contributed by atoms with E-state index >= 15 is 0 Å². The molecule has 2 N–H and O–H groups in total. The van der Waals surface area contributed by atoms with Gasteiger partial charge in [-0.15, -0.1) is 5.10 Å². The monoisotopic (exact) mass is 285 g/mol. The second-order valence-corrected chi connectivity index (χ2v) is 4.36. The van der Waals surface area contributed by atoms with Gasteiger partial charge >= 0.3 is 0 Å². The van der Waals surface area contributed by atoms with Crippen LogP contribution in [-0.2, 0) is 0 Å². The Balaban J connectivity index is 2.16. The van der Waals surface area contributed by atoms with Gasteiger partial charge < -0.3 is 10.5 Å². The molecule has 0 aliphatic heterocycles. The van der Waals surface area contributed by atoms with E-state index in [1.165, 1.54) is 10.7 Å². The van der Waals surface area contributed by atoms with Crippen LogP contribution in [0.1, 0.15) is 0 Å². The number of nitrogens with two attached hydrogens (primary N) is 1. The van der Waals surface area contributed by atoms with Crippen LogP contribution in [0.2, 0.25) is 0 Å². The van der Waals surface area contributed by atoms with E-state index in [-0.39, 0.29) is 5.69 Å². The number of rotatable bonds is 3. The molecule has 106 valence electrons. The molecule has 1 aromatic heterocycles. The Labute approximate surface area is 120 Å². The molecule has 0 atom stereocenters. The van der Waals surface area contributed by atoms with E-state index in [0.717, 1.165) is 0 Å². The number of ether oxygens (including phenoxy) is 1. The van der Waals surface area contributed by atoms with Crippen LogP contribution in [0.15, 0.2) is 42.5 Å². The number of halogens is 1. The van der Waals surface area contributed by atoms with Crippen molar-refractivity contribution >= 4 is 5.69 Å². The molecule has 0 saturated carbocycles. The smallest absolute Gasteiger partial charge is 0.187 e. The Bertz CT molecular complexity index is 787. The van der Waals surface area contributed by atoms with Gasteiger partial charge in [0, 0.05) is 17.3 Å². The predicted octanol–water partition coefficient (Wildman–Crippen LogP) is 2.06. The van der Waals surface area contributed by atoms with Gasteiger partial charge in [0.1, 0.15) is 17.3 Å². The third kappa shape index (κ3) is 2.40. The first kappa shape index (κ1) is 13.0. The quantitative estimate of drug-likeness (QED) is 0.745. The zero-order chi connectivity index (χ0) is 14.8. The maximum Gasteiger partial charge on any atom is 0.187 e. The average molecular weight is 285 g/mol. The van der Waals surface area contributed by atoms with Gasteiger partial charge in [-0.3, -0.25) is 0 Å². The number of tetrazole rings is 1. The molecule has 0 saturated heterocycles. The molecule has 0 unspecified atom stereocenters. The number of hydrogen-bond acceptors (Lipinski definition) is 5. The van der Waals surface area contributed by atoms with Gasteiger partial charge in [0.2, 0.25) is 0 Å². The van der Waals surface area contributed by atoms with Crippen molar-refractivity contribution in [2.75, 3.05) is 12.8 Å². The summed E-state index contributed by atoms with van der Waals surface area (Å²) in [5.74, 6) is 0.542. The highest BCUT2D eigenvalue weighted by molar-refractivity contribution is 5.65. The minimum atomic E-state index is -0.415. The second-order valence-electron chi connectivity index (χ2n) is 4.36. The Morgan fingerprint density at radius 3 is 2.76 bits per heavy atom. The second kappa shape index (κ2) is 5.20. The van der Waals surface area contributed by atoms with E-state index in [1.54, 1.807) is 43.5 Å². The molecular formula is C14H12FN5O. The van der Waals surface area contributed by atoms with Gasteiger partial charge in [0.25, 0.3) is 0 Å². The van der Waals surface area contributed by atoms with Crippen molar-refractivity contribution in [1.29, 1.82) is 0 Å². The van der Waals surface area contributed by atoms with Crippen LogP contribution >= 0.6 is 0 Å². The molecule has 0 aliphatic carbocycles. The Kier molecular flexibility index (Phi) is 3.23. The molecule has 0 spiro atoms. The fraction of sp³-hybridized carbons (Fsp3) is 0.0714. The largest absolute Gasteiger partial charge is 0.497 e. The lowest BCUT2D eigenvalue weighted by atomic mass is 10.1. The summed E-state index contributed by atoms with van der Waals surface area (Å²) in [6.07, 6.45) is 0. The van der Waals surface area contributed by atoms with E-state index < -0.39 is 5.82 Å². The van der Waals surface area contributed by atoms with E-state index in [1.807, 2.05) is 0 Å². The number of para-hydroxylation sites is 1. The lowest BCUT2D eigenvalue weighted by Gasteiger charge is -2.08. The highest BCUT2D eigenvalue weighted by Crippen LogP contribution is 2.27. The lowest BCUT2D eigenvalue weighted by molar-refractivity contribution is 0.415. The van der Waals surface area contributed by atoms with Crippen LogP contribution in [0.5, 0.6) is 5.75 Å². The molecule has 1 heterocycles. The fourth-order valence-corrected chi connectivity index (χ4v) is 2.02. The van der Waals surface area contributed by atoms with Crippen molar-refractivity contribution in [1.82, 2.24) is 20.2 Å². The van der Waals surface area contributed by atoms with E-state index in [9.17, 15) is 4.39 Å². The molecule has 0 radical (unpaired) electrons. The third-order valence-corrected chi connectivity index (χ3v) is 2.97. The van der Waals surface area contributed by atoms with E-state index in [4.69, 9.17) is 10.5 Å². The Morgan fingerprint density at radius 2 is 2.00 bits per heavy atom. The molecule has 21 heavy (non-hydrogen) atoms. The van der Waals surface area contributed by atoms with Crippen LogP contribution in [0.4, 0.5) is 10.1 Å². The normalized spacial score (nSPS) is 10.6. The van der Waals surface area contributed by atoms with E-state index in [0.29, 0.717) is 22.8 Å². The number of benzene rings is 2. The molecule has 3 rings (SSSR count). The fourth-order valence-electron chi connectivity index (χ4n) is 2.02. The van der Waals surface area contributed by atoms with Gasteiger partial charge in [0.05, 0.1) is 7.11 Å². The summed E-state index contributed by atoms with van der Waals surface area (Å²) < 4.78 is 20.4. The zero-order valence-electron chi connectivity index (χ0n) is 11.2. The van der Waals surface area contributed by atoms with Crippen LogP contribution in [0.3, 0.4) is 0 Å². The van der Waals surface area contributed by atoms with Gasteiger partial charge in [-0.25, -0.2) is 4.39 Å². The van der Waals surface area contributed by atoms with Crippen molar-refractivity contribution in [3.63, 3.8) is 0 Å². The van der Waals surface area contributed by atoms with Gasteiger partial charge in [0.15, 0.2) is 5.82 Å². The van der Waals surface area contributed by atoms with Gasteiger partial charge in [-0.2, -0.15) is 4.68 Å². The first-order valence-corrected chi connectivity index (χ1v) is 6.17. The van der Waals surface area contributed by atoms with Crippen LogP contribution < -0.4 is 10.5 Å². The molecule has 0 bridgehead atoms. The standard InChI is InChI=1S/C14H12FN5O/c1-21-11-7-9(6-10(16)8-11)14-17-18-19-20(14)13-5-3-2-4-12(13)15/h2-8H,16H2,1H3. The summed E-state index contributed by atoms with van der Waals surface area (Å²) in [6.45, 7) is 0. The summed E-state index contributed by atoms with van der Waals surface area (Å²) in [5.41, 5.74) is 7.24.